The van der Waals surface area contributed by atoms with E-state index >= 15 is 0 Å². The maximum atomic E-state index is 13.2. The molecule has 1 aliphatic heterocycles. The van der Waals surface area contributed by atoms with Crippen LogP contribution in [0.2, 0.25) is 0 Å². The van der Waals surface area contributed by atoms with E-state index in [0.29, 0.717) is 25.2 Å². The van der Waals surface area contributed by atoms with E-state index in [1.54, 1.807) is 17.9 Å². The predicted molar refractivity (Wildman–Crippen MR) is 117 cm³/mol. The smallest absolute Gasteiger partial charge is 0.388 e. The Bertz CT molecular complexity index is 1160. The number of hydrogen-bond acceptors (Lipinski definition) is 5. The molecule has 11 heteroatoms. The number of aromatic nitrogens is 2. The molecule has 1 atom stereocenters. The molecule has 0 saturated heterocycles. The molecular weight excluding hydrogens is 439 g/mol. The highest BCUT2D eigenvalue weighted by Crippen LogP contribution is 2.33. The maximum Gasteiger partial charge on any atom is 0.416 e. The van der Waals surface area contributed by atoms with E-state index in [1.807, 2.05) is 0 Å². The van der Waals surface area contributed by atoms with Crippen LogP contribution in [0.25, 0.3) is 5.70 Å². The largest absolute Gasteiger partial charge is 0.416 e. The average Bonchev–Trinajstić information content (AvgIpc) is 2.78. The summed E-state index contributed by atoms with van der Waals surface area (Å²) in [5.74, 6) is -0.717. The number of hydrogen-bond donors (Lipinski definition) is 2. The molecule has 0 bridgehead atoms. The molecule has 33 heavy (non-hydrogen) atoms. The van der Waals surface area contributed by atoms with Gasteiger partial charge in [-0.2, -0.15) is 18.3 Å². The van der Waals surface area contributed by atoms with Crippen LogP contribution < -0.4 is 16.2 Å². The second-order valence-corrected chi connectivity index (χ2v) is 7.67. The standard InChI is InChI=1S/C22H24F3N5O3/c1-13(15-10-16(22(23,24)25)12-17(11-15)26-3)27-21(33)19-4-5-20(32)30(28-19)18-6-8-29(9-7-18)14(2)31/h4-6,10-13,26H,7-9H2,1-3H3,(H,27,33)/t13-/m1/s1. The lowest BCUT2D eigenvalue weighted by Gasteiger charge is -2.25. The van der Waals surface area contributed by atoms with E-state index < -0.39 is 29.2 Å². The van der Waals surface area contributed by atoms with Gasteiger partial charge in [-0.1, -0.05) is 0 Å². The molecule has 2 N–H and O–H groups in total. The van der Waals surface area contributed by atoms with Crippen LogP contribution in [0.1, 0.15) is 47.9 Å². The summed E-state index contributed by atoms with van der Waals surface area (Å²) in [6.45, 7) is 3.77. The first-order chi connectivity index (χ1) is 15.5. The van der Waals surface area contributed by atoms with Crippen molar-refractivity contribution in [2.45, 2.75) is 32.5 Å². The molecule has 1 aromatic heterocycles. The fraction of sp³-hybridized carbons (Fsp3) is 0.364. The first kappa shape index (κ1) is 24.0. The minimum Gasteiger partial charge on any atom is -0.388 e. The van der Waals surface area contributed by atoms with Crippen molar-refractivity contribution in [3.05, 3.63) is 63.6 Å². The molecule has 1 aliphatic rings. The van der Waals surface area contributed by atoms with Crippen molar-refractivity contribution < 1.29 is 22.8 Å². The molecule has 0 aliphatic carbocycles. The molecule has 8 nitrogen and oxygen atoms in total. The number of nitrogens with one attached hydrogen (secondary N) is 2. The predicted octanol–water partition coefficient (Wildman–Crippen LogP) is 2.89. The summed E-state index contributed by atoms with van der Waals surface area (Å²) in [6.07, 6.45) is -2.44. The minimum atomic E-state index is -4.53. The van der Waals surface area contributed by atoms with E-state index in [9.17, 15) is 27.6 Å². The van der Waals surface area contributed by atoms with Crippen molar-refractivity contribution in [1.82, 2.24) is 20.0 Å². The lowest BCUT2D eigenvalue weighted by Crippen LogP contribution is -2.36. The normalized spacial score (nSPS) is 15.0. The zero-order chi connectivity index (χ0) is 24.3. The number of amides is 2. The number of carbonyl (C=O) groups excluding carboxylic acids is 2. The number of anilines is 1. The summed E-state index contributed by atoms with van der Waals surface area (Å²) in [6, 6.07) is 5.19. The second kappa shape index (κ2) is 9.47. The van der Waals surface area contributed by atoms with Crippen LogP contribution in [0.4, 0.5) is 18.9 Å². The number of nitrogens with zero attached hydrogens (tertiary/aromatic N) is 3. The number of carbonyl (C=O) groups is 2. The summed E-state index contributed by atoms with van der Waals surface area (Å²) in [7, 11) is 1.51. The van der Waals surface area contributed by atoms with E-state index in [1.165, 1.54) is 32.2 Å². The van der Waals surface area contributed by atoms with Crippen molar-refractivity contribution in [2.24, 2.45) is 0 Å². The van der Waals surface area contributed by atoms with Gasteiger partial charge in [0.15, 0.2) is 0 Å². The fourth-order valence-electron chi connectivity index (χ4n) is 3.44. The zero-order valence-electron chi connectivity index (χ0n) is 18.4. The topological polar surface area (TPSA) is 96.3 Å². The minimum absolute atomic E-state index is 0.0582. The van der Waals surface area contributed by atoms with Gasteiger partial charge in [0, 0.05) is 50.9 Å². The van der Waals surface area contributed by atoms with Gasteiger partial charge in [0.2, 0.25) is 5.91 Å². The average molecular weight is 463 g/mol. The van der Waals surface area contributed by atoms with E-state index in [0.717, 1.165) is 16.8 Å². The molecule has 2 aromatic rings. The molecule has 2 amide bonds. The molecular formula is C22H24F3N5O3. The van der Waals surface area contributed by atoms with Crippen LogP contribution in [0, 0.1) is 0 Å². The molecule has 3 rings (SSSR count). The van der Waals surface area contributed by atoms with Gasteiger partial charge in [0.25, 0.3) is 11.5 Å². The Balaban J connectivity index is 1.82. The van der Waals surface area contributed by atoms with E-state index in [2.05, 4.69) is 15.7 Å². The van der Waals surface area contributed by atoms with Crippen LogP contribution >= 0.6 is 0 Å². The Morgan fingerprint density at radius 1 is 1.18 bits per heavy atom. The molecule has 0 radical (unpaired) electrons. The summed E-state index contributed by atoms with van der Waals surface area (Å²) < 4.78 is 40.8. The molecule has 0 fully saturated rings. The highest BCUT2D eigenvalue weighted by atomic mass is 19.4. The Hall–Kier alpha value is -3.63. The van der Waals surface area contributed by atoms with Crippen LogP contribution in [0.5, 0.6) is 0 Å². The molecule has 176 valence electrons. The van der Waals surface area contributed by atoms with E-state index in [-0.39, 0.29) is 22.9 Å². The molecule has 0 saturated carbocycles. The SMILES string of the molecule is CNc1cc([C@@H](C)NC(=O)c2ccc(=O)n(C3=CCN(C(C)=O)CC3)n2)cc(C(F)(F)F)c1. The summed E-state index contributed by atoms with van der Waals surface area (Å²) in [5, 5.41) is 9.45. The van der Waals surface area contributed by atoms with Gasteiger partial charge in [-0.3, -0.25) is 14.4 Å². The number of benzene rings is 1. The van der Waals surface area contributed by atoms with Crippen molar-refractivity contribution in [3.8, 4) is 0 Å². The quantitative estimate of drug-likeness (QED) is 0.711. The first-order valence-corrected chi connectivity index (χ1v) is 10.3. The van der Waals surface area contributed by atoms with Crippen molar-refractivity contribution in [2.75, 3.05) is 25.5 Å². The van der Waals surface area contributed by atoms with Crippen molar-refractivity contribution >= 4 is 23.2 Å². The van der Waals surface area contributed by atoms with Crippen LogP contribution in [-0.2, 0) is 11.0 Å². The van der Waals surface area contributed by atoms with Gasteiger partial charge in [-0.05, 0) is 42.8 Å². The first-order valence-electron chi connectivity index (χ1n) is 10.3. The van der Waals surface area contributed by atoms with Gasteiger partial charge in [0.1, 0.15) is 5.69 Å². The maximum absolute atomic E-state index is 13.2. The van der Waals surface area contributed by atoms with Crippen LogP contribution in [0.3, 0.4) is 0 Å². The molecule has 2 heterocycles. The van der Waals surface area contributed by atoms with Crippen molar-refractivity contribution in [1.29, 1.82) is 0 Å². The Morgan fingerprint density at radius 2 is 1.91 bits per heavy atom. The number of rotatable bonds is 5. The monoisotopic (exact) mass is 463 g/mol. The van der Waals surface area contributed by atoms with Crippen LogP contribution in [-0.4, -0.2) is 46.6 Å². The van der Waals surface area contributed by atoms with Crippen molar-refractivity contribution in [3.63, 3.8) is 0 Å². The second-order valence-electron chi connectivity index (χ2n) is 7.67. The lowest BCUT2D eigenvalue weighted by atomic mass is 10.0. The van der Waals surface area contributed by atoms with Gasteiger partial charge < -0.3 is 15.5 Å². The third kappa shape index (κ3) is 5.60. The third-order valence-corrected chi connectivity index (χ3v) is 5.35. The summed E-state index contributed by atoms with van der Waals surface area (Å²) >= 11 is 0. The highest BCUT2D eigenvalue weighted by molar-refractivity contribution is 5.92. The highest BCUT2D eigenvalue weighted by Gasteiger charge is 2.31. The van der Waals surface area contributed by atoms with Gasteiger partial charge in [0.05, 0.1) is 11.6 Å². The number of halogens is 3. The van der Waals surface area contributed by atoms with Gasteiger partial charge >= 0.3 is 6.18 Å². The Labute approximate surface area is 188 Å². The summed E-state index contributed by atoms with van der Waals surface area (Å²) in [5.41, 5.74) is -0.236. The number of alkyl halides is 3. The zero-order valence-corrected chi connectivity index (χ0v) is 18.4. The Morgan fingerprint density at radius 3 is 2.48 bits per heavy atom. The van der Waals surface area contributed by atoms with Gasteiger partial charge in [-0.15, -0.1) is 0 Å². The molecule has 0 unspecified atom stereocenters. The fourth-order valence-corrected chi connectivity index (χ4v) is 3.44. The molecule has 1 aromatic carbocycles. The summed E-state index contributed by atoms with van der Waals surface area (Å²) in [4.78, 5) is 38.1. The third-order valence-electron chi connectivity index (χ3n) is 5.35. The molecule has 0 spiro atoms. The Kier molecular flexibility index (Phi) is 6.89. The van der Waals surface area contributed by atoms with E-state index in [4.69, 9.17) is 0 Å². The van der Waals surface area contributed by atoms with Gasteiger partial charge in [-0.25, -0.2) is 4.68 Å². The van der Waals surface area contributed by atoms with Crippen LogP contribution in [0.15, 0.2) is 41.2 Å². The lowest BCUT2D eigenvalue weighted by molar-refractivity contribution is -0.137.